The van der Waals surface area contributed by atoms with Crippen LogP contribution in [0.4, 0.5) is 0 Å². The maximum atomic E-state index is 12.7. The van der Waals surface area contributed by atoms with E-state index >= 15 is 0 Å². The van der Waals surface area contributed by atoms with Gasteiger partial charge in [0.05, 0.1) is 5.41 Å². The monoisotopic (exact) mass is 493 g/mol. The molecule has 2 N–H and O–H groups in total. The average molecular weight is 493 g/mol. The van der Waals surface area contributed by atoms with Gasteiger partial charge in [0, 0.05) is 40.3 Å². The highest BCUT2D eigenvalue weighted by molar-refractivity contribution is 14.0. The molecule has 1 atom stereocenters. The molecule has 1 heterocycles. The molecule has 0 aromatic carbocycles. The Kier molecular flexibility index (Phi) is 10.4. The number of halogens is 1. The van der Waals surface area contributed by atoms with Crippen LogP contribution in [0, 0.1) is 11.3 Å². The van der Waals surface area contributed by atoms with Crippen molar-refractivity contribution in [2.24, 2.45) is 16.3 Å². The largest absolute Gasteiger partial charge is 0.355 e. The fraction of sp³-hybridized carbons (Fsp3) is 0.900. The van der Waals surface area contributed by atoms with Crippen molar-refractivity contribution in [2.45, 2.75) is 58.4 Å². The molecular formula is C20H40IN5O. The Hall–Kier alpha value is -0.570. The van der Waals surface area contributed by atoms with E-state index in [-0.39, 0.29) is 35.3 Å². The van der Waals surface area contributed by atoms with Crippen molar-refractivity contribution in [1.82, 2.24) is 20.4 Å². The van der Waals surface area contributed by atoms with Crippen molar-refractivity contribution >= 4 is 35.8 Å². The zero-order valence-electron chi connectivity index (χ0n) is 17.9. The highest BCUT2D eigenvalue weighted by Gasteiger charge is 2.42. The van der Waals surface area contributed by atoms with E-state index in [1.165, 1.54) is 25.9 Å². The van der Waals surface area contributed by atoms with Gasteiger partial charge in [-0.3, -0.25) is 14.7 Å². The van der Waals surface area contributed by atoms with Crippen molar-refractivity contribution in [2.75, 3.05) is 47.3 Å². The van der Waals surface area contributed by atoms with Crippen LogP contribution in [-0.2, 0) is 4.79 Å². The number of aliphatic imine (C=N–C) groups is 1. The molecule has 0 spiro atoms. The Balaban J connectivity index is 0.00000364. The van der Waals surface area contributed by atoms with E-state index in [0.29, 0.717) is 12.6 Å². The number of nitrogens with zero attached hydrogens (tertiary/aromatic N) is 3. The van der Waals surface area contributed by atoms with E-state index in [9.17, 15) is 4.79 Å². The van der Waals surface area contributed by atoms with Crippen LogP contribution in [0.25, 0.3) is 0 Å². The summed E-state index contributed by atoms with van der Waals surface area (Å²) in [6.45, 7) is 8.55. The lowest BCUT2D eigenvalue weighted by molar-refractivity contribution is -0.138. The normalized spacial score (nSPS) is 22.0. The van der Waals surface area contributed by atoms with Crippen molar-refractivity contribution in [3.63, 3.8) is 0 Å². The maximum Gasteiger partial charge on any atom is 0.230 e. The Morgan fingerprint density at radius 3 is 2.33 bits per heavy atom. The summed E-state index contributed by atoms with van der Waals surface area (Å²) in [6, 6.07) is 0.491. The average Bonchev–Trinajstić information content (AvgIpc) is 3.11. The lowest BCUT2D eigenvalue weighted by Crippen LogP contribution is -2.51. The van der Waals surface area contributed by atoms with Crippen molar-refractivity contribution in [1.29, 1.82) is 0 Å². The molecule has 6 nitrogen and oxygen atoms in total. The third-order valence-electron chi connectivity index (χ3n) is 6.24. The molecule has 1 amide bonds. The van der Waals surface area contributed by atoms with Crippen LogP contribution in [0.3, 0.4) is 0 Å². The number of piperidine rings is 1. The summed E-state index contributed by atoms with van der Waals surface area (Å²) in [6.07, 6.45) is 6.81. The van der Waals surface area contributed by atoms with Crippen LogP contribution in [0.2, 0.25) is 0 Å². The topological polar surface area (TPSA) is 60.0 Å². The standard InChI is InChI=1S/C20H39N5O.HI/c1-16-8-12-25(13-9-16)17(2)14-22-19(21-3)23-15-20(10-6-7-11-20)18(26)24(4)5;/h16-17H,6-15H2,1-5H3,(H2,21,22,23);1H. The van der Waals surface area contributed by atoms with Gasteiger partial charge in [0.25, 0.3) is 0 Å². The summed E-state index contributed by atoms with van der Waals surface area (Å²) in [7, 11) is 5.52. The summed E-state index contributed by atoms with van der Waals surface area (Å²) in [5.41, 5.74) is -0.268. The quantitative estimate of drug-likeness (QED) is 0.339. The smallest absolute Gasteiger partial charge is 0.230 e. The number of hydrogen-bond acceptors (Lipinski definition) is 3. The Bertz CT molecular complexity index is 483. The zero-order valence-corrected chi connectivity index (χ0v) is 20.2. The van der Waals surface area contributed by atoms with Gasteiger partial charge in [-0.05, 0) is 51.6 Å². The fourth-order valence-corrected chi connectivity index (χ4v) is 4.31. The third-order valence-corrected chi connectivity index (χ3v) is 6.24. The van der Waals surface area contributed by atoms with E-state index in [0.717, 1.165) is 44.1 Å². The lowest BCUT2D eigenvalue weighted by Gasteiger charge is -2.35. The SMILES string of the molecule is CN=C(NCC(C)N1CCC(C)CC1)NCC1(C(=O)N(C)C)CCCC1.I. The van der Waals surface area contributed by atoms with Crippen molar-refractivity contribution in [3.8, 4) is 0 Å². The molecule has 0 radical (unpaired) electrons. The van der Waals surface area contributed by atoms with E-state index < -0.39 is 0 Å². The number of carbonyl (C=O) groups excluding carboxylic acids is 1. The van der Waals surface area contributed by atoms with Crippen LogP contribution in [0.1, 0.15) is 52.4 Å². The molecule has 27 heavy (non-hydrogen) atoms. The molecule has 1 aliphatic carbocycles. The minimum Gasteiger partial charge on any atom is -0.355 e. The first-order valence-electron chi connectivity index (χ1n) is 10.3. The Labute approximate surface area is 182 Å². The molecule has 2 aliphatic rings. The third kappa shape index (κ3) is 6.76. The van der Waals surface area contributed by atoms with Crippen LogP contribution in [0.15, 0.2) is 4.99 Å². The van der Waals surface area contributed by atoms with Crippen LogP contribution in [0.5, 0.6) is 0 Å². The number of likely N-dealkylation sites (tertiary alicyclic amines) is 1. The molecule has 2 fully saturated rings. The number of rotatable bonds is 6. The molecule has 7 heteroatoms. The summed E-state index contributed by atoms with van der Waals surface area (Å²) >= 11 is 0. The van der Waals surface area contributed by atoms with E-state index in [1.54, 1.807) is 11.9 Å². The predicted molar refractivity (Wildman–Crippen MR) is 124 cm³/mol. The van der Waals surface area contributed by atoms with Gasteiger partial charge >= 0.3 is 0 Å². The summed E-state index contributed by atoms with van der Waals surface area (Å²) in [4.78, 5) is 21.4. The number of amides is 1. The molecule has 1 unspecified atom stereocenters. The van der Waals surface area contributed by atoms with Gasteiger partial charge in [0.1, 0.15) is 0 Å². The summed E-state index contributed by atoms with van der Waals surface area (Å²) < 4.78 is 0. The van der Waals surface area contributed by atoms with E-state index in [1.807, 2.05) is 14.1 Å². The van der Waals surface area contributed by atoms with Gasteiger partial charge in [-0.1, -0.05) is 19.8 Å². The second kappa shape index (κ2) is 11.4. The molecule has 1 aliphatic heterocycles. The molecule has 1 saturated heterocycles. The molecular weight excluding hydrogens is 453 g/mol. The Morgan fingerprint density at radius 2 is 1.81 bits per heavy atom. The van der Waals surface area contributed by atoms with E-state index in [2.05, 4.69) is 34.4 Å². The number of guanidine groups is 1. The predicted octanol–water partition coefficient (Wildman–Crippen LogP) is 2.54. The molecule has 1 saturated carbocycles. The Morgan fingerprint density at radius 1 is 1.22 bits per heavy atom. The minimum absolute atomic E-state index is 0. The van der Waals surface area contributed by atoms with Gasteiger partial charge in [0.2, 0.25) is 5.91 Å². The van der Waals surface area contributed by atoms with Crippen molar-refractivity contribution < 1.29 is 4.79 Å². The van der Waals surface area contributed by atoms with Crippen molar-refractivity contribution in [3.05, 3.63) is 0 Å². The number of hydrogen-bond donors (Lipinski definition) is 2. The second-order valence-corrected chi connectivity index (χ2v) is 8.56. The first-order valence-corrected chi connectivity index (χ1v) is 10.3. The molecule has 0 aromatic heterocycles. The van der Waals surface area contributed by atoms with Crippen LogP contribution < -0.4 is 10.6 Å². The summed E-state index contributed by atoms with van der Waals surface area (Å²) in [5, 5.41) is 6.89. The molecule has 2 rings (SSSR count). The molecule has 0 bridgehead atoms. The van der Waals surface area contributed by atoms with Crippen LogP contribution >= 0.6 is 24.0 Å². The maximum absolute atomic E-state index is 12.7. The highest BCUT2D eigenvalue weighted by atomic mass is 127. The van der Waals surface area contributed by atoms with Gasteiger partial charge in [-0.2, -0.15) is 0 Å². The first kappa shape index (κ1) is 24.5. The molecule has 158 valence electrons. The summed E-state index contributed by atoms with van der Waals surface area (Å²) in [5.74, 6) is 1.91. The van der Waals surface area contributed by atoms with Gasteiger partial charge in [0.15, 0.2) is 5.96 Å². The lowest BCUT2D eigenvalue weighted by atomic mass is 9.84. The molecule has 0 aromatic rings. The highest BCUT2D eigenvalue weighted by Crippen LogP contribution is 2.38. The van der Waals surface area contributed by atoms with Crippen LogP contribution in [-0.4, -0.2) is 75.0 Å². The minimum atomic E-state index is -0.268. The zero-order chi connectivity index (χ0) is 19.2. The second-order valence-electron chi connectivity index (χ2n) is 8.56. The number of nitrogens with one attached hydrogen (secondary N) is 2. The number of carbonyl (C=O) groups is 1. The fourth-order valence-electron chi connectivity index (χ4n) is 4.31. The van der Waals surface area contributed by atoms with Gasteiger partial charge in [-0.15, -0.1) is 24.0 Å². The van der Waals surface area contributed by atoms with Gasteiger partial charge in [-0.25, -0.2) is 0 Å². The first-order chi connectivity index (χ1) is 12.4. The van der Waals surface area contributed by atoms with E-state index in [4.69, 9.17) is 0 Å². The van der Waals surface area contributed by atoms with Gasteiger partial charge < -0.3 is 15.5 Å².